The third kappa shape index (κ3) is 7.81. The molecule has 0 rings (SSSR count). The molecule has 0 aliphatic carbocycles. The molecule has 5 heteroatoms. The predicted molar refractivity (Wildman–Crippen MR) is 66.6 cm³/mol. The minimum absolute atomic E-state index is 0.0271. The molecular formula is C13H20F3NO. The number of allylic oxidation sites excluding steroid dienone is 5. The van der Waals surface area contributed by atoms with Crippen LogP contribution in [0.25, 0.3) is 0 Å². The van der Waals surface area contributed by atoms with Crippen LogP contribution >= 0.6 is 0 Å². The Morgan fingerprint density at radius 3 is 2.17 bits per heavy atom. The maximum Gasteiger partial charge on any atom is 0.422 e. The first-order valence-electron chi connectivity index (χ1n) is 5.56. The zero-order chi connectivity index (χ0) is 14.4. The Morgan fingerprint density at radius 2 is 1.78 bits per heavy atom. The highest BCUT2D eigenvalue weighted by molar-refractivity contribution is 5.26. The third-order valence-electron chi connectivity index (χ3n) is 2.12. The van der Waals surface area contributed by atoms with Crippen molar-refractivity contribution in [2.75, 3.05) is 6.61 Å². The molecule has 0 fully saturated rings. The molecule has 0 radical (unpaired) electrons. The summed E-state index contributed by atoms with van der Waals surface area (Å²) in [5, 5.41) is 0. The summed E-state index contributed by atoms with van der Waals surface area (Å²) >= 11 is 0. The molecule has 0 spiro atoms. The summed E-state index contributed by atoms with van der Waals surface area (Å²) in [5.41, 5.74) is 6.32. The van der Waals surface area contributed by atoms with Crippen LogP contribution in [0, 0.1) is 5.41 Å². The second-order valence-corrected chi connectivity index (χ2v) is 4.83. The van der Waals surface area contributed by atoms with Crippen LogP contribution in [-0.4, -0.2) is 12.8 Å². The van der Waals surface area contributed by atoms with Crippen LogP contribution < -0.4 is 5.73 Å². The van der Waals surface area contributed by atoms with E-state index in [1.165, 1.54) is 6.08 Å². The fourth-order valence-electron chi connectivity index (χ4n) is 1.24. The van der Waals surface area contributed by atoms with Crippen LogP contribution in [0.5, 0.6) is 0 Å². The average Bonchev–Trinajstić information content (AvgIpc) is 2.18. The molecule has 0 aromatic heterocycles. The quantitative estimate of drug-likeness (QED) is 0.616. The van der Waals surface area contributed by atoms with Crippen molar-refractivity contribution < 1.29 is 17.9 Å². The minimum atomic E-state index is -4.37. The van der Waals surface area contributed by atoms with Crippen LogP contribution in [0.15, 0.2) is 35.8 Å². The SMILES string of the molecule is C\C=C(/C=C\C=C(/N)OCC(F)(F)F)C(C)(C)C. The van der Waals surface area contributed by atoms with E-state index in [9.17, 15) is 13.2 Å². The van der Waals surface area contributed by atoms with Gasteiger partial charge in [-0.3, -0.25) is 0 Å². The molecule has 0 unspecified atom stereocenters. The molecular weight excluding hydrogens is 243 g/mol. The van der Waals surface area contributed by atoms with Crippen LogP contribution in [0.1, 0.15) is 27.7 Å². The highest BCUT2D eigenvalue weighted by Crippen LogP contribution is 2.25. The topological polar surface area (TPSA) is 35.2 Å². The smallest absolute Gasteiger partial charge is 0.422 e. The van der Waals surface area contributed by atoms with Crippen molar-refractivity contribution in [3.8, 4) is 0 Å². The van der Waals surface area contributed by atoms with E-state index in [0.29, 0.717) is 0 Å². The summed E-state index contributed by atoms with van der Waals surface area (Å²) in [6.45, 7) is 6.65. The first-order chi connectivity index (χ1) is 8.06. The molecule has 0 aliphatic heterocycles. The highest BCUT2D eigenvalue weighted by atomic mass is 19.4. The maximum absolute atomic E-state index is 11.8. The predicted octanol–water partition coefficient (Wildman–Crippen LogP) is 3.91. The number of hydrogen-bond acceptors (Lipinski definition) is 2. The first kappa shape index (κ1) is 16.6. The molecule has 0 atom stereocenters. The lowest BCUT2D eigenvalue weighted by Gasteiger charge is -2.19. The molecule has 0 saturated carbocycles. The van der Waals surface area contributed by atoms with Gasteiger partial charge in [0, 0.05) is 0 Å². The van der Waals surface area contributed by atoms with Crippen molar-refractivity contribution in [2.45, 2.75) is 33.9 Å². The lowest BCUT2D eigenvalue weighted by molar-refractivity contribution is -0.165. The van der Waals surface area contributed by atoms with Gasteiger partial charge >= 0.3 is 6.18 Å². The number of rotatable bonds is 4. The van der Waals surface area contributed by atoms with E-state index in [1.54, 1.807) is 12.2 Å². The molecule has 2 nitrogen and oxygen atoms in total. The van der Waals surface area contributed by atoms with Crippen molar-refractivity contribution >= 4 is 0 Å². The van der Waals surface area contributed by atoms with Crippen LogP contribution in [0.3, 0.4) is 0 Å². The lowest BCUT2D eigenvalue weighted by atomic mass is 9.86. The number of alkyl halides is 3. The fraction of sp³-hybridized carbons (Fsp3) is 0.538. The number of nitrogens with two attached hydrogens (primary N) is 1. The van der Waals surface area contributed by atoms with Gasteiger partial charge in [-0.15, -0.1) is 0 Å². The van der Waals surface area contributed by atoms with Crippen molar-refractivity contribution in [2.24, 2.45) is 11.1 Å². The normalized spacial score (nSPS) is 15.3. The molecule has 0 aromatic rings. The van der Waals surface area contributed by atoms with Crippen LogP contribution in [-0.2, 0) is 4.74 Å². The molecule has 0 amide bonds. The van der Waals surface area contributed by atoms with Gasteiger partial charge in [-0.1, -0.05) is 39.0 Å². The Morgan fingerprint density at radius 1 is 1.22 bits per heavy atom. The average molecular weight is 263 g/mol. The second-order valence-electron chi connectivity index (χ2n) is 4.83. The van der Waals surface area contributed by atoms with E-state index < -0.39 is 12.8 Å². The van der Waals surface area contributed by atoms with Gasteiger partial charge in [-0.2, -0.15) is 13.2 Å². The highest BCUT2D eigenvalue weighted by Gasteiger charge is 2.28. The third-order valence-corrected chi connectivity index (χ3v) is 2.12. The maximum atomic E-state index is 11.8. The van der Waals surface area contributed by atoms with Gasteiger partial charge in [-0.05, 0) is 24.0 Å². The molecule has 18 heavy (non-hydrogen) atoms. The molecule has 0 saturated heterocycles. The second kappa shape index (κ2) is 6.52. The molecule has 0 bridgehead atoms. The Kier molecular flexibility index (Phi) is 6.01. The Labute approximate surface area is 106 Å². The van der Waals surface area contributed by atoms with Crippen LogP contribution in [0.2, 0.25) is 0 Å². The van der Waals surface area contributed by atoms with Crippen molar-refractivity contribution in [1.82, 2.24) is 0 Å². The summed E-state index contributed by atoms with van der Waals surface area (Å²) in [6.07, 6.45) is 2.25. The standard InChI is InChI=1S/C13H20F3NO/c1-5-10(12(2,3)4)7-6-8-11(17)18-9-13(14,15)16/h5-8H,9,17H2,1-4H3/b7-6-,10-5+,11-8+. The van der Waals surface area contributed by atoms with Gasteiger partial charge in [0.1, 0.15) is 0 Å². The summed E-state index contributed by atoms with van der Waals surface area (Å²) < 4.78 is 39.9. The number of halogens is 3. The van der Waals surface area contributed by atoms with E-state index in [1.807, 2.05) is 33.8 Å². The molecule has 0 heterocycles. The summed E-state index contributed by atoms with van der Waals surface area (Å²) in [7, 11) is 0. The van der Waals surface area contributed by atoms with Gasteiger partial charge in [-0.25, -0.2) is 0 Å². The molecule has 0 aromatic carbocycles. The van der Waals surface area contributed by atoms with Gasteiger partial charge in [0.15, 0.2) is 12.5 Å². The zero-order valence-electron chi connectivity index (χ0n) is 11.1. The largest absolute Gasteiger partial charge is 0.470 e. The summed E-state index contributed by atoms with van der Waals surface area (Å²) in [6, 6.07) is 0. The zero-order valence-corrected chi connectivity index (χ0v) is 11.1. The van der Waals surface area contributed by atoms with Gasteiger partial charge in [0.05, 0.1) is 0 Å². The molecule has 2 N–H and O–H groups in total. The summed E-state index contributed by atoms with van der Waals surface area (Å²) in [4.78, 5) is 0. The fourth-order valence-corrected chi connectivity index (χ4v) is 1.24. The summed E-state index contributed by atoms with van der Waals surface area (Å²) in [5.74, 6) is -0.257. The first-order valence-corrected chi connectivity index (χ1v) is 5.56. The monoisotopic (exact) mass is 263 g/mol. The van der Waals surface area contributed by atoms with E-state index >= 15 is 0 Å². The number of hydrogen-bond donors (Lipinski definition) is 1. The van der Waals surface area contributed by atoms with E-state index in [0.717, 1.165) is 5.57 Å². The molecule has 104 valence electrons. The van der Waals surface area contributed by atoms with Crippen LogP contribution in [0.4, 0.5) is 13.2 Å². The Hall–Kier alpha value is -1.39. The van der Waals surface area contributed by atoms with E-state index in [4.69, 9.17) is 5.73 Å². The van der Waals surface area contributed by atoms with Gasteiger partial charge < -0.3 is 10.5 Å². The van der Waals surface area contributed by atoms with Crippen molar-refractivity contribution in [1.29, 1.82) is 0 Å². The van der Waals surface area contributed by atoms with E-state index in [-0.39, 0.29) is 11.3 Å². The molecule has 0 aliphatic rings. The Bertz CT molecular complexity index is 346. The minimum Gasteiger partial charge on any atom is -0.470 e. The Balaban J connectivity index is 4.46. The van der Waals surface area contributed by atoms with Gasteiger partial charge in [0.2, 0.25) is 0 Å². The number of ether oxygens (including phenoxy) is 1. The van der Waals surface area contributed by atoms with Gasteiger partial charge in [0.25, 0.3) is 0 Å². The van der Waals surface area contributed by atoms with Crippen molar-refractivity contribution in [3.05, 3.63) is 35.8 Å². The lowest BCUT2D eigenvalue weighted by Crippen LogP contribution is -2.18. The van der Waals surface area contributed by atoms with E-state index in [2.05, 4.69) is 4.74 Å². The van der Waals surface area contributed by atoms with Crippen molar-refractivity contribution in [3.63, 3.8) is 0 Å².